The Labute approximate surface area is 140 Å². The first-order valence-electron chi connectivity index (χ1n) is 8.63. The van der Waals surface area contributed by atoms with Crippen LogP contribution < -0.4 is 0 Å². The van der Waals surface area contributed by atoms with Crippen molar-refractivity contribution < 1.29 is 8.78 Å². The molecule has 2 bridgehead atoms. The smallest absolute Gasteiger partial charge is 0.280 e. The first kappa shape index (κ1) is 15.9. The van der Waals surface area contributed by atoms with Gasteiger partial charge in [-0.3, -0.25) is 4.90 Å². The minimum Gasteiger partial charge on any atom is -0.292 e. The van der Waals surface area contributed by atoms with Gasteiger partial charge in [0, 0.05) is 23.5 Å². The lowest BCUT2D eigenvalue weighted by Crippen LogP contribution is -2.53. The zero-order valence-corrected chi connectivity index (χ0v) is 14.3. The van der Waals surface area contributed by atoms with Crippen molar-refractivity contribution in [2.45, 2.75) is 76.4 Å². The highest BCUT2D eigenvalue weighted by Gasteiger charge is 2.47. The van der Waals surface area contributed by atoms with E-state index in [1.165, 1.54) is 18.8 Å². The summed E-state index contributed by atoms with van der Waals surface area (Å²) in [4.78, 5) is 10.6. The predicted molar refractivity (Wildman–Crippen MR) is 86.1 cm³/mol. The molecule has 0 amide bonds. The number of aromatic nitrogens is 4. The molecule has 4 rings (SSSR count). The van der Waals surface area contributed by atoms with Crippen LogP contribution in [0.2, 0.25) is 0 Å². The number of alkyl halides is 2. The summed E-state index contributed by atoms with van der Waals surface area (Å²) in [5, 5.41) is 4.24. The highest BCUT2D eigenvalue weighted by atomic mass is 19.3. The quantitative estimate of drug-likeness (QED) is 0.842. The maximum Gasteiger partial charge on any atom is 0.280 e. The maximum absolute atomic E-state index is 13.3. The largest absolute Gasteiger partial charge is 0.292 e. The van der Waals surface area contributed by atoms with Crippen molar-refractivity contribution in [2.75, 3.05) is 0 Å². The van der Waals surface area contributed by atoms with E-state index in [4.69, 9.17) is 0 Å². The standard InChI is InChI=1S/C17H23F2N5/c1-17(2,3)23-10-4-6-11(13(23)7-5-10)14-8-12(15(18)19)22-16-20-9-21-24(14)16/h8-11,13,15H,4-7H2,1-3H3. The molecule has 3 atom stereocenters. The Bertz CT molecular complexity index is 751. The van der Waals surface area contributed by atoms with E-state index in [-0.39, 0.29) is 22.9 Å². The van der Waals surface area contributed by atoms with E-state index < -0.39 is 6.43 Å². The van der Waals surface area contributed by atoms with Crippen LogP contribution in [-0.4, -0.2) is 42.1 Å². The summed E-state index contributed by atoms with van der Waals surface area (Å²) in [6.45, 7) is 6.72. The first-order chi connectivity index (χ1) is 11.4. The summed E-state index contributed by atoms with van der Waals surface area (Å²) < 4.78 is 28.2. The van der Waals surface area contributed by atoms with Crippen LogP contribution in [0.4, 0.5) is 8.78 Å². The summed E-state index contributed by atoms with van der Waals surface area (Å²) in [6, 6.07) is 2.51. The second kappa shape index (κ2) is 5.44. The van der Waals surface area contributed by atoms with E-state index in [0.29, 0.717) is 12.1 Å². The number of rotatable bonds is 2. The summed E-state index contributed by atoms with van der Waals surface area (Å²) in [6.07, 6.45) is 3.19. The van der Waals surface area contributed by atoms with Crippen molar-refractivity contribution in [3.63, 3.8) is 0 Å². The fourth-order valence-corrected chi connectivity index (χ4v) is 4.78. The highest BCUT2D eigenvalue weighted by Crippen LogP contribution is 2.47. The molecular formula is C17H23F2N5. The van der Waals surface area contributed by atoms with E-state index in [1.54, 1.807) is 4.52 Å². The molecule has 4 heterocycles. The maximum atomic E-state index is 13.3. The first-order valence-corrected chi connectivity index (χ1v) is 8.63. The molecule has 130 valence electrons. The summed E-state index contributed by atoms with van der Waals surface area (Å²) >= 11 is 0. The van der Waals surface area contributed by atoms with Crippen LogP contribution in [-0.2, 0) is 0 Å². The van der Waals surface area contributed by atoms with Crippen LogP contribution in [0, 0.1) is 0 Å². The minimum absolute atomic E-state index is 0.0740. The molecule has 7 heteroatoms. The van der Waals surface area contributed by atoms with Crippen LogP contribution in [0.25, 0.3) is 5.78 Å². The number of fused-ring (bicyclic) bond motifs is 3. The number of halogens is 2. The Morgan fingerprint density at radius 2 is 1.92 bits per heavy atom. The Morgan fingerprint density at radius 1 is 1.17 bits per heavy atom. The second-order valence-electron chi connectivity index (χ2n) is 7.94. The molecule has 0 aliphatic carbocycles. The van der Waals surface area contributed by atoms with E-state index in [0.717, 1.165) is 25.0 Å². The van der Waals surface area contributed by atoms with Gasteiger partial charge in [0.15, 0.2) is 0 Å². The molecule has 2 saturated heterocycles. The molecule has 24 heavy (non-hydrogen) atoms. The molecule has 0 saturated carbocycles. The van der Waals surface area contributed by atoms with Gasteiger partial charge >= 0.3 is 0 Å². The number of piperidine rings is 1. The number of hydrogen-bond acceptors (Lipinski definition) is 4. The SMILES string of the molecule is CC(C)(C)N1C2CCC(c3cc(C(F)F)nc4ncnn34)C1CC2. The van der Waals surface area contributed by atoms with Crippen molar-refractivity contribution in [1.82, 2.24) is 24.5 Å². The predicted octanol–water partition coefficient (Wildman–Crippen LogP) is 3.57. The van der Waals surface area contributed by atoms with E-state index in [2.05, 4.69) is 40.7 Å². The fourth-order valence-electron chi connectivity index (χ4n) is 4.78. The van der Waals surface area contributed by atoms with Crippen LogP contribution in [0.15, 0.2) is 12.4 Å². The third kappa shape index (κ3) is 2.41. The Balaban J connectivity index is 1.81. The molecule has 2 aromatic rings. The molecule has 5 nitrogen and oxygen atoms in total. The second-order valence-corrected chi connectivity index (χ2v) is 7.94. The Morgan fingerprint density at radius 3 is 2.62 bits per heavy atom. The zero-order chi connectivity index (χ0) is 17.1. The number of hydrogen-bond donors (Lipinski definition) is 0. The van der Waals surface area contributed by atoms with Crippen molar-refractivity contribution in [2.24, 2.45) is 0 Å². The van der Waals surface area contributed by atoms with Crippen LogP contribution in [0.1, 0.15) is 70.2 Å². The molecule has 0 aromatic carbocycles. The van der Waals surface area contributed by atoms with Crippen LogP contribution in [0.5, 0.6) is 0 Å². The van der Waals surface area contributed by atoms with Gasteiger partial charge in [-0.1, -0.05) is 0 Å². The van der Waals surface area contributed by atoms with E-state index in [1.807, 2.05) is 0 Å². The van der Waals surface area contributed by atoms with Crippen molar-refractivity contribution in [3.8, 4) is 0 Å². The van der Waals surface area contributed by atoms with Gasteiger partial charge in [0.2, 0.25) is 0 Å². The van der Waals surface area contributed by atoms with Gasteiger partial charge in [-0.2, -0.15) is 10.1 Å². The van der Waals surface area contributed by atoms with Crippen molar-refractivity contribution in [3.05, 3.63) is 23.8 Å². The molecule has 0 spiro atoms. The van der Waals surface area contributed by atoms with Gasteiger partial charge in [0.25, 0.3) is 12.2 Å². The van der Waals surface area contributed by atoms with Gasteiger partial charge in [0.1, 0.15) is 12.0 Å². The third-order valence-corrected chi connectivity index (χ3v) is 5.50. The van der Waals surface area contributed by atoms with Crippen LogP contribution in [0.3, 0.4) is 0 Å². The Kier molecular flexibility index (Phi) is 3.60. The zero-order valence-electron chi connectivity index (χ0n) is 14.3. The minimum atomic E-state index is -2.59. The lowest BCUT2D eigenvalue weighted by Gasteiger charge is -2.47. The lowest BCUT2D eigenvalue weighted by atomic mass is 9.84. The van der Waals surface area contributed by atoms with Gasteiger partial charge in [-0.25, -0.2) is 18.3 Å². The fraction of sp³-hybridized carbons (Fsp3) is 0.706. The van der Waals surface area contributed by atoms with Gasteiger partial charge < -0.3 is 0 Å². The molecule has 2 fully saturated rings. The molecule has 2 aliphatic rings. The average Bonchev–Trinajstić information content (AvgIpc) is 3.10. The lowest BCUT2D eigenvalue weighted by molar-refractivity contribution is 0.0303. The third-order valence-electron chi connectivity index (χ3n) is 5.50. The van der Waals surface area contributed by atoms with Gasteiger partial charge in [-0.05, 0) is 52.5 Å². The normalized spacial score (nSPS) is 28.2. The number of nitrogens with zero attached hydrogens (tertiary/aromatic N) is 5. The van der Waals surface area contributed by atoms with E-state index >= 15 is 0 Å². The molecule has 2 aromatic heterocycles. The van der Waals surface area contributed by atoms with Gasteiger partial charge in [0.05, 0.1) is 5.69 Å². The van der Waals surface area contributed by atoms with Gasteiger partial charge in [-0.15, -0.1) is 0 Å². The topological polar surface area (TPSA) is 46.3 Å². The summed E-state index contributed by atoms with van der Waals surface area (Å²) in [5.74, 6) is 0.456. The average molecular weight is 335 g/mol. The molecule has 3 unspecified atom stereocenters. The van der Waals surface area contributed by atoms with E-state index in [9.17, 15) is 8.78 Å². The molecule has 2 aliphatic heterocycles. The molecular weight excluding hydrogens is 312 g/mol. The summed E-state index contributed by atoms with van der Waals surface area (Å²) in [7, 11) is 0. The Hall–Kier alpha value is -1.63. The van der Waals surface area contributed by atoms with Crippen molar-refractivity contribution >= 4 is 5.78 Å². The van der Waals surface area contributed by atoms with Crippen LogP contribution >= 0.6 is 0 Å². The highest BCUT2D eigenvalue weighted by molar-refractivity contribution is 5.33. The monoisotopic (exact) mass is 335 g/mol. The molecule has 0 N–H and O–H groups in total. The summed E-state index contributed by atoms with van der Waals surface area (Å²) in [5.41, 5.74) is 0.699. The molecule has 0 radical (unpaired) electrons. The van der Waals surface area contributed by atoms with Crippen molar-refractivity contribution in [1.29, 1.82) is 0 Å².